The van der Waals surface area contributed by atoms with E-state index in [-0.39, 0.29) is 12.5 Å². The van der Waals surface area contributed by atoms with Gasteiger partial charge in [0.2, 0.25) is 6.10 Å². The third kappa shape index (κ3) is 2.27. The van der Waals surface area contributed by atoms with Gasteiger partial charge in [-0.1, -0.05) is 19.1 Å². The fraction of sp³-hybridized carbons (Fsp3) is 0.417. The Labute approximate surface area is 94.6 Å². The van der Waals surface area contributed by atoms with Crippen molar-refractivity contribution in [3.05, 3.63) is 24.3 Å². The molecule has 0 fully saturated rings. The summed E-state index contributed by atoms with van der Waals surface area (Å²) in [5.41, 5.74) is 0. The molecule has 1 aliphatic heterocycles. The maximum Gasteiger partial charge on any atom is 0.264 e. The lowest BCUT2D eigenvalue weighted by Gasteiger charge is -2.25. The van der Waals surface area contributed by atoms with Crippen molar-refractivity contribution in [2.75, 3.05) is 13.2 Å². The molecule has 1 aromatic rings. The van der Waals surface area contributed by atoms with Crippen LogP contribution >= 0.6 is 0 Å². The second kappa shape index (κ2) is 4.88. The van der Waals surface area contributed by atoms with Crippen molar-refractivity contribution in [3.8, 4) is 11.5 Å². The molecular formula is C12H15NO3. The normalized spacial score (nSPS) is 17.9. The molecule has 0 saturated carbocycles. The molecule has 1 atom stereocenters. The van der Waals surface area contributed by atoms with Crippen LogP contribution in [-0.4, -0.2) is 25.2 Å². The Morgan fingerprint density at radius 1 is 1.44 bits per heavy atom. The zero-order valence-electron chi connectivity index (χ0n) is 9.23. The summed E-state index contributed by atoms with van der Waals surface area (Å²) >= 11 is 0. The highest BCUT2D eigenvalue weighted by molar-refractivity contribution is 5.81. The predicted octanol–water partition coefficient (Wildman–Crippen LogP) is 1.35. The fourth-order valence-corrected chi connectivity index (χ4v) is 1.51. The van der Waals surface area contributed by atoms with Crippen LogP contribution < -0.4 is 14.8 Å². The zero-order valence-corrected chi connectivity index (χ0v) is 9.23. The van der Waals surface area contributed by atoms with Crippen LogP contribution in [0.25, 0.3) is 0 Å². The van der Waals surface area contributed by atoms with Crippen molar-refractivity contribution in [1.29, 1.82) is 0 Å². The summed E-state index contributed by atoms with van der Waals surface area (Å²) in [5.74, 6) is 1.21. The Hall–Kier alpha value is -1.71. The Morgan fingerprint density at radius 3 is 2.94 bits per heavy atom. The maximum atomic E-state index is 11.7. The summed E-state index contributed by atoms with van der Waals surface area (Å²) in [7, 11) is 0. The van der Waals surface area contributed by atoms with Crippen molar-refractivity contribution in [3.63, 3.8) is 0 Å². The highest BCUT2D eigenvalue weighted by Gasteiger charge is 2.26. The van der Waals surface area contributed by atoms with E-state index in [4.69, 9.17) is 9.47 Å². The van der Waals surface area contributed by atoms with Crippen LogP contribution in [-0.2, 0) is 4.79 Å². The minimum absolute atomic E-state index is 0.114. The van der Waals surface area contributed by atoms with E-state index in [0.29, 0.717) is 18.0 Å². The zero-order chi connectivity index (χ0) is 11.4. The first kappa shape index (κ1) is 10.8. The molecule has 1 N–H and O–H groups in total. The van der Waals surface area contributed by atoms with Gasteiger partial charge < -0.3 is 14.8 Å². The second-order valence-electron chi connectivity index (χ2n) is 3.66. The molecule has 2 rings (SSSR count). The topological polar surface area (TPSA) is 47.6 Å². The van der Waals surface area contributed by atoms with Crippen LogP contribution in [0.1, 0.15) is 13.3 Å². The quantitative estimate of drug-likeness (QED) is 0.838. The van der Waals surface area contributed by atoms with Crippen LogP contribution in [0.2, 0.25) is 0 Å². The van der Waals surface area contributed by atoms with Gasteiger partial charge in [-0.2, -0.15) is 0 Å². The van der Waals surface area contributed by atoms with E-state index < -0.39 is 6.10 Å². The first-order chi connectivity index (χ1) is 7.81. The number of ether oxygens (including phenoxy) is 2. The molecule has 0 aliphatic carbocycles. The first-order valence-electron chi connectivity index (χ1n) is 5.47. The number of benzene rings is 1. The van der Waals surface area contributed by atoms with Gasteiger partial charge in [-0.05, 0) is 18.6 Å². The summed E-state index contributed by atoms with van der Waals surface area (Å²) < 4.78 is 11.0. The lowest BCUT2D eigenvalue weighted by Crippen LogP contribution is -2.44. The molecule has 1 amide bonds. The van der Waals surface area contributed by atoms with Crippen LogP contribution in [0.5, 0.6) is 11.5 Å². The highest BCUT2D eigenvalue weighted by Crippen LogP contribution is 2.30. The number of carbonyl (C=O) groups is 1. The molecule has 0 bridgehead atoms. The van der Waals surface area contributed by atoms with E-state index in [1.54, 1.807) is 6.07 Å². The van der Waals surface area contributed by atoms with E-state index in [2.05, 4.69) is 5.32 Å². The lowest BCUT2D eigenvalue weighted by molar-refractivity contribution is -0.130. The highest BCUT2D eigenvalue weighted by atomic mass is 16.6. The van der Waals surface area contributed by atoms with E-state index in [1.807, 2.05) is 25.1 Å². The molecule has 1 aliphatic rings. The molecule has 86 valence electrons. The number of hydrogen-bond acceptors (Lipinski definition) is 3. The molecular weight excluding hydrogens is 206 g/mol. The molecule has 0 aromatic heterocycles. The Bertz CT molecular complexity index is 378. The van der Waals surface area contributed by atoms with Gasteiger partial charge in [0.05, 0.1) is 0 Å². The number of nitrogens with one attached hydrogen (secondary N) is 1. The van der Waals surface area contributed by atoms with Crippen LogP contribution in [0.3, 0.4) is 0 Å². The van der Waals surface area contributed by atoms with Gasteiger partial charge in [0, 0.05) is 6.54 Å². The van der Waals surface area contributed by atoms with Gasteiger partial charge in [0.25, 0.3) is 5.91 Å². The smallest absolute Gasteiger partial charge is 0.264 e. The van der Waals surface area contributed by atoms with Gasteiger partial charge >= 0.3 is 0 Å². The SMILES string of the molecule is CCCNC(=O)[C@H]1COc2ccccc2O1. The van der Waals surface area contributed by atoms with Gasteiger partial charge in [-0.3, -0.25) is 4.79 Å². The third-order valence-electron chi connectivity index (χ3n) is 2.35. The molecule has 16 heavy (non-hydrogen) atoms. The molecule has 0 unspecified atom stereocenters. The number of carbonyl (C=O) groups excluding carboxylic acids is 1. The molecule has 0 saturated heterocycles. The lowest BCUT2D eigenvalue weighted by atomic mass is 10.2. The average Bonchev–Trinajstić information content (AvgIpc) is 2.35. The third-order valence-corrected chi connectivity index (χ3v) is 2.35. The van der Waals surface area contributed by atoms with Crippen molar-refractivity contribution in [1.82, 2.24) is 5.32 Å². The number of fused-ring (bicyclic) bond motifs is 1. The molecule has 1 aromatic carbocycles. The second-order valence-corrected chi connectivity index (χ2v) is 3.66. The number of hydrogen-bond donors (Lipinski definition) is 1. The number of amides is 1. The standard InChI is InChI=1S/C12H15NO3/c1-2-7-13-12(14)11-8-15-9-5-3-4-6-10(9)16-11/h3-6,11H,2,7-8H2,1H3,(H,13,14)/t11-/m1/s1. The summed E-state index contributed by atoms with van der Waals surface area (Å²) in [6.45, 7) is 2.95. The number of para-hydroxylation sites is 2. The molecule has 1 heterocycles. The van der Waals surface area contributed by atoms with Crippen LogP contribution in [0, 0.1) is 0 Å². The summed E-state index contributed by atoms with van der Waals surface area (Å²) in [6.07, 6.45) is 0.372. The Balaban J connectivity index is 1.99. The monoisotopic (exact) mass is 221 g/mol. The van der Waals surface area contributed by atoms with E-state index in [0.717, 1.165) is 6.42 Å². The van der Waals surface area contributed by atoms with E-state index in [9.17, 15) is 4.79 Å². The summed E-state index contributed by atoms with van der Waals surface area (Å²) in [5, 5.41) is 2.79. The van der Waals surface area contributed by atoms with Crippen molar-refractivity contribution in [2.45, 2.75) is 19.4 Å². The largest absolute Gasteiger partial charge is 0.485 e. The maximum absolute atomic E-state index is 11.7. The summed E-state index contributed by atoms with van der Waals surface area (Å²) in [6, 6.07) is 7.36. The van der Waals surface area contributed by atoms with E-state index in [1.165, 1.54) is 0 Å². The van der Waals surface area contributed by atoms with Crippen molar-refractivity contribution >= 4 is 5.91 Å². The van der Waals surface area contributed by atoms with Gasteiger partial charge in [-0.25, -0.2) is 0 Å². The number of rotatable bonds is 3. The predicted molar refractivity (Wildman–Crippen MR) is 59.7 cm³/mol. The van der Waals surface area contributed by atoms with Gasteiger partial charge in [0.1, 0.15) is 6.61 Å². The molecule has 0 radical (unpaired) electrons. The summed E-state index contributed by atoms with van der Waals surface area (Å²) in [4.78, 5) is 11.7. The van der Waals surface area contributed by atoms with Crippen molar-refractivity contribution < 1.29 is 14.3 Å². The van der Waals surface area contributed by atoms with Crippen LogP contribution in [0.4, 0.5) is 0 Å². The Kier molecular flexibility index (Phi) is 3.29. The van der Waals surface area contributed by atoms with Gasteiger partial charge in [0.15, 0.2) is 11.5 Å². The molecule has 0 spiro atoms. The van der Waals surface area contributed by atoms with Gasteiger partial charge in [-0.15, -0.1) is 0 Å². The minimum Gasteiger partial charge on any atom is -0.485 e. The van der Waals surface area contributed by atoms with Crippen LogP contribution in [0.15, 0.2) is 24.3 Å². The van der Waals surface area contributed by atoms with Crippen molar-refractivity contribution in [2.24, 2.45) is 0 Å². The van der Waals surface area contributed by atoms with E-state index >= 15 is 0 Å². The Morgan fingerprint density at radius 2 is 2.19 bits per heavy atom. The molecule has 4 nitrogen and oxygen atoms in total. The molecule has 4 heteroatoms. The first-order valence-corrected chi connectivity index (χ1v) is 5.47. The average molecular weight is 221 g/mol. The minimum atomic E-state index is -0.540. The fourth-order valence-electron chi connectivity index (χ4n) is 1.51.